The van der Waals surface area contributed by atoms with E-state index in [9.17, 15) is 24.6 Å². The summed E-state index contributed by atoms with van der Waals surface area (Å²) < 4.78 is 0. The van der Waals surface area contributed by atoms with Gasteiger partial charge in [0.2, 0.25) is 5.91 Å². The largest absolute Gasteiger partial charge is 0.480 e. The zero-order valence-electron chi connectivity index (χ0n) is 29.8. The molecule has 3 aromatic rings. The molecule has 9 nitrogen and oxygen atoms in total. The molecule has 0 radical (unpaired) electrons. The number of carboxylic acid groups (broad SMARTS) is 1. The van der Waals surface area contributed by atoms with Crippen molar-refractivity contribution >= 4 is 34.7 Å². The van der Waals surface area contributed by atoms with E-state index in [1.165, 1.54) is 61.9 Å². The second-order valence-corrected chi connectivity index (χ2v) is 16.1. The van der Waals surface area contributed by atoms with Crippen LogP contribution in [0.3, 0.4) is 0 Å². The second-order valence-electron chi connectivity index (χ2n) is 15.1. The average molecular weight is 701 g/mol. The molecule has 1 unspecified atom stereocenters. The molecule has 2 amide bonds. The van der Waals surface area contributed by atoms with Crippen LogP contribution in [0.2, 0.25) is 0 Å². The van der Waals surface area contributed by atoms with Crippen molar-refractivity contribution < 1.29 is 24.6 Å². The molecule has 0 spiro atoms. The molecule has 2 heterocycles. The Morgan fingerprint density at radius 1 is 0.900 bits per heavy atom. The summed E-state index contributed by atoms with van der Waals surface area (Å²) in [6, 6.07) is 8.52. The normalized spacial score (nSPS) is 20.7. The van der Waals surface area contributed by atoms with Gasteiger partial charge in [0.15, 0.2) is 5.82 Å². The Balaban J connectivity index is 1.22. The molecule has 1 saturated carbocycles. The molecule has 2 aliphatic carbocycles. The summed E-state index contributed by atoms with van der Waals surface area (Å²) >= 11 is 1.35. The van der Waals surface area contributed by atoms with Crippen LogP contribution >= 0.6 is 11.3 Å². The minimum atomic E-state index is -1.49. The van der Waals surface area contributed by atoms with Gasteiger partial charge in [-0.3, -0.25) is 9.59 Å². The summed E-state index contributed by atoms with van der Waals surface area (Å²) in [4.78, 5) is 48.8. The zero-order chi connectivity index (χ0) is 35.8. The summed E-state index contributed by atoms with van der Waals surface area (Å²) in [6.45, 7) is 7.70. The third-order valence-electron chi connectivity index (χ3n) is 10.4. The second kappa shape index (κ2) is 16.9. The maximum Gasteiger partial charge on any atom is 0.328 e. The number of nitrogens with zero attached hydrogens (tertiary/aromatic N) is 2. The van der Waals surface area contributed by atoms with Crippen molar-refractivity contribution in [3.8, 4) is 11.4 Å². The highest BCUT2D eigenvalue weighted by molar-refractivity contribution is 7.14. The molecule has 268 valence electrons. The van der Waals surface area contributed by atoms with Gasteiger partial charge >= 0.3 is 5.97 Å². The Hall–Kier alpha value is -3.89. The Labute approximate surface area is 300 Å². The predicted octanol–water partition coefficient (Wildman–Crippen LogP) is 7.20. The lowest BCUT2D eigenvalue weighted by Gasteiger charge is -2.35. The number of thiophene rings is 1. The lowest BCUT2D eigenvalue weighted by Crippen LogP contribution is -2.53. The highest BCUT2D eigenvalue weighted by Crippen LogP contribution is 2.42. The van der Waals surface area contributed by atoms with Crippen molar-refractivity contribution in [2.45, 2.75) is 109 Å². The van der Waals surface area contributed by atoms with Gasteiger partial charge in [-0.15, -0.1) is 11.3 Å². The number of aromatic nitrogens is 2. The third-order valence-corrected chi connectivity index (χ3v) is 11.9. The monoisotopic (exact) mass is 700 g/mol. The summed E-state index contributed by atoms with van der Waals surface area (Å²) in [6.07, 6.45) is 18.1. The van der Waals surface area contributed by atoms with Crippen LogP contribution in [0.25, 0.3) is 17.0 Å². The average Bonchev–Trinajstić information content (AvgIpc) is 3.63. The van der Waals surface area contributed by atoms with Crippen molar-refractivity contribution in [2.75, 3.05) is 6.61 Å². The molecule has 50 heavy (non-hydrogen) atoms. The van der Waals surface area contributed by atoms with Crippen LogP contribution in [0.1, 0.15) is 111 Å². The van der Waals surface area contributed by atoms with Crippen molar-refractivity contribution in [1.29, 1.82) is 0 Å². The molecule has 1 fully saturated rings. The number of amides is 2. The first kappa shape index (κ1) is 37.4. The number of benzene rings is 1. The number of rotatable bonds is 13. The highest BCUT2D eigenvalue weighted by Gasteiger charge is 2.30. The van der Waals surface area contributed by atoms with Gasteiger partial charge in [0.25, 0.3) is 5.91 Å². The molecule has 2 aromatic heterocycles. The van der Waals surface area contributed by atoms with Gasteiger partial charge in [-0.1, -0.05) is 83.7 Å². The molecule has 0 aliphatic heterocycles. The first-order chi connectivity index (χ1) is 23.9. The summed E-state index contributed by atoms with van der Waals surface area (Å²) in [5.41, 5.74) is 3.84. The number of carbonyl (C=O) groups excluding carboxylic acids is 2. The molecule has 5 rings (SSSR count). The van der Waals surface area contributed by atoms with Crippen molar-refractivity contribution in [2.24, 2.45) is 17.8 Å². The highest BCUT2D eigenvalue weighted by atomic mass is 32.1. The fraction of sp³-hybridized carbons (Fsp3) is 0.525. The van der Waals surface area contributed by atoms with E-state index in [1.54, 1.807) is 6.07 Å². The lowest BCUT2D eigenvalue weighted by atomic mass is 9.70. The number of carbonyl (C=O) groups is 3. The van der Waals surface area contributed by atoms with Gasteiger partial charge in [-0.25, -0.2) is 14.8 Å². The standard InChI is InChI=1S/C40H52N4O5S/c1-5-6-25-7-11-27(12-8-25)28-15-17-29(18-16-28)31-22-41-36(42-23-31)30-13-9-26(10-14-30)21-32(37(46)44-33(24-45)39(48)49)43-38(47)34-19-20-35(50-34)40(2,3)4/h9-10,13-14,17,19-20,22-23,25,27-28,32-33,45H,5-8,11-12,15-16,18,21,24H2,1-4H3,(H,43,47)(H,44,46)(H,48,49)/t25?,27?,28?,32-,33-/m0/s1. The summed E-state index contributed by atoms with van der Waals surface area (Å²) in [5.74, 6) is 0.720. The van der Waals surface area contributed by atoms with Gasteiger partial charge < -0.3 is 20.8 Å². The Morgan fingerprint density at radius 2 is 1.60 bits per heavy atom. The van der Waals surface area contributed by atoms with Crippen LogP contribution in [-0.4, -0.2) is 56.7 Å². The topological polar surface area (TPSA) is 142 Å². The van der Waals surface area contributed by atoms with Crippen LogP contribution in [-0.2, 0) is 21.4 Å². The summed E-state index contributed by atoms with van der Waals surface area (Å²) in [5, 5.41) is 24.0. The van der Waals surface area contributed by atoms with E-state index in [-0.39, 0.29) is 11.8 Å². The zero-order valence-corrected chi connectivity index (χ0v) is 30.6. The number of allylic oxidation sites excluding steroid dienone is 2. The molecule has 2 aliphatic rings. The first-order valence-electron chi connectivity index (χ1n) is 18.1. The number of aliphatic hydroxyl groups is 1. The minimum Gasteiger partial charge on any atom is -0.480 e. The molecule has 3 atom stereocenters. The number of nitrogens with one attached hydrogen (secondary N) is 2. The van der Waals surface area contributed by atoms with Gasteiger partial charge in [-0.05, 0) is 78.5 Å². The quantitative estimate of drug-likeness (QED) is 0.148. The third kappa shape index (κ3) is 9.66. The van der Waals surface area contributed by atoms with Gasteiger partial charge in [0.1, 0.15) is 12.1 Å². The number of aliphatic carboxylic acids is 1. The number of hydrogen-bond acceptors (Lipinski definition) is 7. The number of carboxylic acids is 1. The maximum atomic E-state index is 13.2. The lowest BCUT2D eigenvalue weighted by molar-refractivity contribution is -0.143. The Kier molecular flexibility index (Phi) is 12.6. The number of aliphatic hydroxyl groups excluding tert-OH is 1. The molecule has 1 aromatic carbocycles. The number of hydrogen-bond donors (Lipinski definition) is 4. The van der Waals surface area contributed by atoms with E-state index in [4.69, 9.17) is 0 Å². The van der Waals surface area contributed by atoms with E-state index in [1.807, 2.05) is 42.7 Å². The van der Waals surface area contributed by atoms with Crippen LogP contribution in [0.15, 0.2) is 54.9 Å². The molecule has 10 heteroatoms. The predicted molar refractivity (Wildman–Crippen MR) is 198 cm³/mol. The van der Waals surface area contributed by atoms with Crippen molar-refractivity contribution in [1.82, 2.24) is 20.6 Å². The van der Waals surface area contributed by atoms with Crippen LogP contribution in [0, 0.1) is 17.8 Å². The van der Waals surface area contributed by atoms with E-state index in [0.717, 1.165) is 52.2 Å². The van der Waals surface area contributed by atoms with Gasteiger partial charge in [-0.2, -0.15) is 0 Å². The minimum absolute atomic E-state index is 0.113. The molecular formula is C40H52N4O5S. The summed E-state index contributed by atoms with van der Waals surface area (Å²) in [7, 11) is 0. The maximum absolute atomic E-state index is 13.2. The Bertz CT molecular complexity index is 1640. The smallest absolute Gasteiger partial charge is 0.328 e. The molecule has 0 saturated heterocycles. The molecule has 0 bridgehead atoms. The van der Waals surface area contributed by atoms with Gasteiger partial charge in [0.05, 0.1) is 11.5 Å². The fourth-order valence-electron chi connectivity index (χ4n) is 7.33. The van der Waals surface area contributed by atoms with Crippen LogP contribution in [0.5, 0.6) is 0 Å². The van der Waals surface area contributed by atoms with Crippen molar-refractivity contribution in [3.63, 3.8) is 0 Å². The van der Waals surface area contributed by atoms with Crippen LogP contribution < -0.4 is 10.6 Å². The fourth-order valence-corrected chi connectivity index (χ4v) is 8.30. The molecular weight excluding hydrogens is 649 g/mol. The van der Waals surface area contributed by atoms with Gasteiger partial charge in [0, 0.05) is 34.8 Å². The first-order valence-corrected chi connectivity index (χ1v) is 18.9. The Morgan fingerprint density at radius 3 is 2.16 bits per heavy atom. The molecule has 4 N–H and O–H groups in total. The van der Waals surface area contributed by atoms with Crippen LogP contribution in [0.4, 0.5) is 0 Å². The van der Waals surface area contributed by atoms with E-state index in [0.29, 0.717) is 10.7 Å². The van der Waals surface area contributed by atoms with E-state index >= 15 is 0 Å². The SMILES string of the molecule is CCCC1CCC(C2CC=C(c3cnc(-c4ccc(C[C@H](NC(=O)c5ccc(C(C)(C)C)s5)C(=O)N[C@@H](CO)C(=O)O)cc4)nc3)CC2)CC1. The van der Waals surface area contributed by atoms with E-state index in [2.05, 4.69) is 54.4 Å². The van der Waals surface area contributed by atoms with E-state index < -0.39 is 36.5 Å². The van der Waals surface area contributed by atoms with Crippen molar-refractivity contribution in [3.05, 3.63) is 75.7 Å².